The van der Waals surface area contributed by atoms with Crippen LogP contribution in [0.5, 0.6) is 5.75 Å². The van der Waals surface area contributed by atoms with E-state index in [4.69, 9.17) is 4.74 Å². The summed E-state index contributed by atoms with van der Waals surface area (Å²) in [6.45, 7) is 10.2. The van der Waals surface area contributed by atoms with Crippen LogP contribution >= 0.6 is 0 Å². The molecule has 0 bridgehead atoms. The lowest BCUT2D eigenvalue weighted by atomic mass is 10.2. The van der Waals surface area contributed by atoms with Crippen LogP contribution in [0.3, 0.4) is 0 Å². The van der Waals surface area contributed by atoms with Crippen molar-refractivity contribution in [2.45, 2.75) is 45.9 Å². The second-order valence-electron chi connectivity index (χ2n) is 6.28. The van der Waals surface area contributed by atoms with Crippen LogP contribution in [0.25, 0.3) is 0 Å². The van der Waals surface area contributed by atoms with Gasteiger partial charge in [-0.1, -0.05) is 27.7 Å². The quantitative estimate of drug-likeness (QED) is 0.610. The molecule has 0 aromatic heterocycles. The molecule has 1 aromatic carbocycles. The first-order valence-electron chi connectivity index (χ1n) is 8.84. The van der Waals surface area contributed by atoms with Crippen molar-refractivity contribution in [1.82, 2.24) is 4.31 Å². The zero-order valence-corrected chi connectivity index (χ0v) is 17.8. The fourth-order valence-corrected chi connectivity index (χ4v) is 5.22. The summed E-state index contributed by atoms with van der Waals surface area (Å²) >= 11 is 0. The predicted molar refractivity (Wildman–Crippen MR) is 105 cm³/mol. The van der Waals surface area contributed by atoms with Crippen molar-refractivity contribution < 1.29 is 21.6 Å². The van der Waals surface area contributed by atoms with Gasteiger partial charge in [-0.2, -0.15) is 4.31 Å². The van der Waals surface area contributed by atoms with Crippen LogP contribution < -0.4 is 9.46 Å². The van der Waals surface area contributed by atoms with Crippen molar-refractivity contribution in [3.63, 3.8) is 0 Å². The van der Waals surface area contributed by atoms with Gasteiger partial charge in [-0.05, 0) is 37.5 Å². The molecule has 1 N–H and O–H groups in total. The molecule has 26 heavy (non-hydrogen) atoms. The minimum atomic E-state index is -3.69. The monoisotopic (exact) mass is 406 g/mol. The Bertz CT molecular complexity index is 785. The summed E-state index contributed by atoms with van der Waals surface area (Å²) in [5.41, 5.74) is 0.142. The third-order valence-electron chi connectivity index (χ3n) is 3.82. The fraction of sp³-hybridized carbons (Fsp3) is 0.647. The summed E-state index contributed by atoms with van der Waals surface area (Å²) in [4.78, 5) is 0.0335. The van der Waals surface area contributed by atoms with E-state index in [1.54, 1.807) is 20.8 Å². The van der Waals surface area contributed by atoms with Crippen LogP contribution in [-0.2, 0) is 20.0 Å². The Balaban J connectivity index is 3.28. The van der Waals surface area contributed by atoms with Gasteiger partial charge in [-0.25, -0.2) is 16.8 Å². The molecule has 0 atom stereocenters. The third-order valence-corrected chi connectivity index (χ3v) is 7.17. The molecule has 0 fully saturated rings. The van der Waals surface area contributed by atoms with Crippen LogP contribution in [-0.4, -0.2) is 46.6 Å². The topological polar surface area (TPSA) is 92.8 Å². The molecule has 0 radical (unpaired) electrons. The molecule has 9 heteroatoms. The summed E-state index contributed by atoms with van der Waals surface area (Å²) in [6, 6.07) is 4.25. The van der Waals surface area contributed by atoms with Crippen LogP contribution in [0, 0.1) is 5.92 Å². The molecule has 0 aliphatic heterocycles. The first kappa shape index (κ1) is 22.7. The van der Waals surface area contributed by atoms with Crippen molar-refractivity contribution in [3.8, 4) is 5.75 Å². The average molecular weight is 407 g/mol. The number of nitrogens with one attached hydrogen (secondary N) is 1. The van der Waals surface area contributed by atoms with Gasteiger partial charge in [0.15, 0.2) is 0 Å². The summed E-state index contributed by atoms with van der Waals surface area (Å²) in [7, 11) is -7.30. The maximum absolute atomic E-state index is 12.7. The molecule has 0 saturated heterocycles. The second-order valence-corrected chi connectivity index (χ2v) is 10.1. The zero-order chi connectivity index (χ0) is 20.0. The predicted octanol–water partition coefficient (Wildman–Crippen LogP) is 2.90. The standard InChI is InChI=1S/C17H30N2O5S2/c1-6-19(7-2)26(22,23)15-9-10-17(24-8-3)16(13-15)18-25(20,21)12-11-14(4)5/h9-10,13-14,18H,6-8,11-12H2,1-5H3. The molecule has 0 spiro atoms. The molecule has 0 amide bonds. The Morgan fingerprint density at radius 1 is 1.08 bits per heavy atom. The number of hydrogen-bond acceptors (Lipinski definition) is 5. The maximum Gasteiger partial charge on any atom is 0.243 e. The maximum atomic E-state index is 12.7. The van der Waals surface area contributed by atoms with Gasteiger partial charge in [-0.3, -0.25) is 4.72 Å². The fourth-order valence-electron chi connectivity index (χ4n) is 2.35. The average Bonchev–Trinajstić information content (AvgIpc) is 2.55. The minimum absolute atomic E-state index is 0.0335. The molecule has 0 aliphatic rings. The van der Waals surface area contributed by atoms with Gasteiger partial charge >= 0.3 is 0 Å². The van der Waals surface area contributed by atoms with Crippen LogP contribution in [0.1, 0.15) is 41.0 Å². The summed E-state index contributed by atoms with van der Waals surface area (Å²) < 4.78 is 59.3. The van der Waals surface area contributed by atoms with Gasteiger partial charge in [-0.15, -0.1) is 0 Å². The number of anilines is 1. The van der Waals surface area contributed by atoms with Crippen LogP contribution in [0.15, 0.2) is 23.1 Å². The van der Waals surface area contributed by atoms with Gasteiger partial charge < -0.3 is 4.74 Å². The SMILES string of the molecule is CCOc1ccc(S(=O)(=O)N(CC)CC)cc1NS(=O)(=O)CCC(C)C. The van der Waals surface area contributed by atoms with E-state index in [2.05, 4.69) is 4.72 Å². The molecular formula is C17H30N2O5S2. The lowest BCUT2D eigenvalue weighted by Crippen LogP contribution is -2.30. The molecule has 7 nitrogen and oxygen atoms in total. The van der Waals surface area contributed by atoms with E-state index in [-0.39, 0.29) is 22.3 Å². The Hall–Kier alpha value is -1.32. The molecule has 0 aliphatic carbocycles. The lowest BCUT2D eigenvalue weighted by molar-refractivity contribution is 0.341. The van der Waals surface area contributed by atoms with Gasteiger partial charge in [0.25, 0.3) is 0 Å². The van der Waals surface area contributed by atoms with Crippen molar-refractivity contribution >= 4 is 25.7 Å². The molecule has 0 heterocycles. The minimum Gasteiger partial charge on any atom is -0.492 e. The molecular weight excluding hydrogens is 376 g/mol. The van der Waals surface area contributed by atoms with E-state index in [0.29, 0.717) is 31.9 Å². The molecule has 0 saturated carbocycles. The van der Waals surface area contributed by atoms with Crippen molar-refractivity contribution in [2.75, 3.05) is 30.2 Å². The normalized spacial score (nSPS) is 12.6. The van der Waals surface area contributed by atoms with E-state index in [1.165, 1.54) is 22.5 Å². The molecule has 1 aromatic rings. The zero-order valence-electron chi connectivity index (χ0n) is 16.1. The highest BCUT2D eigenvalue weighted by Gasteiger charge is 2.24. The summed E-state index contributed by atoms with van der Waals surface area (Å²) in [6.07, 6.45) is 0.511. The first-order chi connectivity index (χ1) is 12.1. The highest BCUT2D eigenvalue weighted by molar-refractivity contribution is 7.92. The number of ether oxygens (including phenoxy) is 1. The number of hydrogen-bond donors (Lipinski definition) is 1. The van der Waals surface area contributed by atoms with E-state index in [1.807, 2.05) is 13.8 Å². The smallest absolute Gasteiger partial charge is 0.243 e. The van der Waals surface area contributed by atoms with Crippen molar-refractivity contribution in [3.05, 3.63) is 18.2 Å². The van der Waals surface area contributed by atoms with E-state index in [9.17, 15) is 16.8 Å². The van der Waals surface area contributed by atoms with E-state index in [0.717, 1.165) is 0 Å². The Kier molecular flexibility index (Phi) is 8.36. The Labute approximate surface area is 157 Å². The highest BCUT2D eigenvalue weighted by atomic mass is 32.2. The highest BCUT2D eigenvalue weighted by Crippen LogP contribution is 2.30. The second kappa shape index (κ2) is 9.57. The molecule has 150 valence electrons. The van der Waals surface area contributed by atoms with Gasteiger partial charge in [0.05, 0.1) is 22.9 Å². The van der Waals surface area contributed by atoms with Crippen LogP contribution in [0.2, 0.25) is 0 Å². The Morgan fingerprint density at radius 3 is 2.19 bits per heavy atom. The van der Waals surface area contributed by atoms with E-state index >= 15 is 0 Å². The third kappa shape index (κ3) is 6.14. The molecule has 0 unspecified atom stereocenters. The number of sulfonamides is 2. The number of benzene rings is 1. The van der Waals surface area contributed by atoms with Crippen molar-refractivity contribution in [2.24, 2.45) is 5.92 Å². The Morgan fingerprint density at radius 2 is 1.69 bits per heavy atom. The van der Waals surface area contributed by atoms with Gasteiger partial charge in [0.1, 0.15) is 5.75 Å². The summed E-state index contributed by atoms with van der Waals surface area (Å²) in [5, 5.41) is 0. The van der Waals surface area contributed by atoms with E-state index < -0.39 is 20.0 Å². The lowest BCUT2D eigenvalue weighted by Gasteiger charge is -2.20. The molecule has 1 rings (SSSR count). The van der Waals surface area contributed by atoms with Gasteiger partial charge in [0, 0.05) is 13.1 Å². The van der Waals surface area contributed by atoms with Crippen molar-refractivity contribution in [1.29, 1.82) is 0 Å². The van der Waals surface area contributed by atoms with Crippen LogP contribution in [0.4, 0.5) is 5.69 Å². The number of nitrogens with zero attached hydrogens (tertiary/aromatic N) is 1. The number of rotatable bonds is 11. The first-order valence-corrected chi connectivity index (χ1v) is 11.9. The largest absolute Gasteiger partial charge is 0.492 e. The summed E-state index contributed by atoms with van der Waals surface area (Å²) in [5.74, 6) is 0.509. The van der Waals surface area contributed by atoms with Gasteiger partial charge in [0.2, 0.25) is 20.0 Å².